The lowest BCUT2D eigenvalue weighted by atomic mass is 10.0. The van der Waals surface area contributed by atoms with Gasteiger partial charge in [-0.1, -0.05) is 25.4 Å². The molecule has 6 nitrogen and oxygen atoms in total. The van der Waals surface area contributed by atoms with Gasteiger partial charge in [0.25, 0.3) is 5.91 Å². The maximum Gasteiger partial charge on any atom is 0.328 e. The van der Waals surface area contributed by atoms with E-state index in [-0.39, 0.29) is 30.7 Å². The highest BCUT2D eigenvalue weighted by Gasteiger charge is 2.24. The number of carbonyl (C=O) groups is 3. The van der Waals surface area contributed by atoms with Crippen molar-refractivity contribution in [1.82, 2.24) is 10.6 Å². The number of carbonyl (C=O) groups excluding carboxylic acids is 3. The predicted octanol–water partition coefficient (Wildman–Crippen LogP) is 1.77. The molecule has 0 spiro atoms. The zero-order valence-corrected chi connectivity index (χ0v) is 14.1. The number of hydrogen-bond acceptors (Lipinski definition) is 4. The molecular weight excluding hydrogens is 320 g/mol. The van der Waals surface area contributed by atoms with Crippen LogP contribution in [0.5, 0.6) is 0 Å². The van der Waals surface area contributed by atoms with Crippen molar-refractivity contribution in [2.75, 3.05) is 13.7 Å². The van der Waals surface area contributed by atoms with E-state index in [1.54, 1.807) is 24.3 Å². The van der Waals surface area contributed by atoms with E-state index in [1.165, 1.54) is 7.11 Å². The Hall–Kier alpha value is -2.08. The van der Waals surface area contributed by atoms with Gasteiger partial charge in [0.2, 0.25) is 5.91 Å². The first-order chi connectivity index (χ1) is 10.8. The molecule has 126 valence electrons. The first-order valence-electron chi connectivity index (χ1n) is 7.26. The predicted molar refractivity (Wildman–Crippen MR) is 87.2 cm³/mol. The third-order valence-corrected chi connectivity index (χ3v) is 3.43. The number of amides is 2. The number of ether oxygens (including phenoxy) is 1. The summed E-state index contributed by atoms with van der Waals surface area (Å²) in [5.41, 5.74) is 0.462. The van der Waals surface area contributed by atoms with E-state index in [2.05, 4.69) is 15.4 Å². The molecule has 1 rings (SSSR count). The third kappa shape index (κ3) is 6.28. The second-order valence-electron chi connectivity index (χ2n) is 5.33. The molecule has 1 aromatic rings. The highest BCUT2D eigenvalue weighted by atomic mass is 35.5. The molecule has 1 unspecified atom stereocenters. The molecule has 2 amide bonds. The van der Waals surface area contributed by atoms with Crippen LogP contribution in [0.1, 0.15) is 30.6 Å². The first kappa shape index (κ1) is 19.0. The van der Waals surface area contributed by atoms with Gasteiger partial charge in [-0.3, -0.25) is 9.59 Å². The van der Waals surface area contributed by atoms with Crippen LogP contribution >= 0.6 is 11.6 Å². The van der Waals surface area contributed by atoms with Crippen LogP contribution in [0.2, 0.25) is 5.02 Å². The molecule has 0 aliphatic rings. The Morgan fingerprint density at radius 1 is 1.17 bits per heavy atom. The van der Waals surface area contributed by atoms with Crippen molar-refractivity contribution in [3.63, 3.8) is 0 Å². The summed E-state index contributed by atoms with van der Waals surface area (Å²) < 4.78 is 4.65. The zero-order valence-electron chi connectivity index (χ0n) is 13.4. The van der Waals surface area contributed by atoms with Crippen molar-refractivity contribution in [3.8, 4) is 0 Å². The Labute approximate surface area is 140 Å². The summed E-state index contributed by atoms with van der Waals surface area (Å²) in [7, 11) is 1.27. The molecule has 0 radical (unpaired) electrons. The standard InChI is InChI=1S/C16H21ClN2O4/c1-10(2)14(16(22)23-3)19-13(20)8-9-18-15(21)11-4-6-12(17)7-5-11/h4-7,10,14H,8-9H2,1-3H3,(H,18,21)(H,19,20). The summed E-state index contributed by atoms with van der Waals surface area (Å²) >= 11 is 5.75. The van der Waals surface area contributed by atoms with Crippen LogP contribution in [0.25, 0.3) is 0 Å². The molecule has 0 aromatic heterocycles. The molecule has 1 aromatic carbocycles. The Bertz CT molecular complexity index is 558. The Morgan fingerprint density at radius 2 is 1.78 bits per heavy atom. The summed E-state index contributed by atoms with van der Waals surface area (Å²) in [5.74, 6) is -1.19. The van der Waals surface area contributed by atoms with E-state index in [0.29, 0.717) is 10.6 Å². The van der Waals surface area contributed by atoms with E-state index in [4.69, 9.17) is 11.6 Å². The molecule has 1 atom stereocenters. The van der Waals surface area contributed by atoms with Crippen LogP contribution in [0.15, 0.2) is 24.3 Å². The summed E-state index contributed by atoms with van der Waals surface area (Å²) in [6.07, 6.45) is 0.0690. The van der Waals surface area contributed by atoms with Crippen LogP contribution < -0.4 is 10.6 Å². The van der Waals surface area contributed by atoms with E-state index < -0.39 is 12.0 Å². The molecular formula is C16H21ClN2O4. The van der Waals surface area contributed by atoms with E-state index in [0.717, 1.165) is 0 Å². The average molecular weight is 341 g/mol. The highest BCUT2D eigenvalue weighted by molar-refractivity contribution is 6.30. The number of hydrogen-bond donors (Lipinski definition) is 2. The van der Waals surface area contributed by atoms with Gasteiger partial charge in [0.1, 0.15) is 6.04 Å². The van der Waals surface area contributed by atoms with Crippen LogP contribution in [0, 0.1) is 5.92 Å². The Morgan fingerprint density at radius 3 is 2.30 bits per heavy atom. The Balaban J connectivity index is 2.42. The number of halogens is 1. The molecule has 7 heteroatoms. The van der Waals surface area contributed by atoms with Crippen LogP contribution in [0.4, 0.5) is 0 Å². The molecule has 23 heavy (non-hydrogen) atoms. The minimum Gasteiger partial charge on any atom is -0.467 e. The van der Waals surface area contributed by atoms with Crippen molar-refractivity contribution < 1.29 is 19.1 Å². The number of methoxy groups -OCH3 is 1. The maximum atomic E-state index is 11.9. The fraction of sp³-hybridized carbons (Fsp3) is 0.438. The van der Waals surface area contributed by atoms with Crippen molar-refractivity contribution in [3.05, 3.63) is 34.9 Å². The lowest BCUT2D eigenvalue weighted by Gasteiger charge is -2.19. The summed E-state index contributed by atoms with van der Waals surface area (Å²) in [6.45, 7) is 3.79. The van der Waals surface area contributed by atoms with Crippen molar-refractivity contribution in [1.29, 1.82) is 0 Å². The quantitative estimate of drug-likeness (QED) is 0.741. The van der Waals surface area contributed by atoms with Gasteiger partial charge >= 0.3 is 5.97 Å². The lowest BCUT2D eigenvalue weighted by molar-refractivity contribution is -0.146. The average Bonchev–Trinajstić information content (AvgIpc) is 2.52. The minimum absolute atomic E-state index is 0.0690. The molecule has 2 N–H and O–H groups in total. The normalized spacial score (nSPS) is 11.7. The van der Waals surface area contributed by atoms with Crippen molar-refractivity contribution in [2.24, 2.45) is 5.92 Å². The molecule has 0 heterocycles. The largest absolute Gasteiger partial charge is 0.467 e. The SMILES string of the molecule is COC(=O)C(NC(=O)CCNC(=O)c1ccc(Cl)cc1)C(C)C. The molecule has 0 saturated carbocycles. The van der Waals surface area contributed by atoms with Gasteiger partial charge < -0.3 is 15.4 Å². The topological polar surface area (TPSA) is 84.5 Å². The van der Waals surface area contributed by atoms with E-state index in [1.807, 2.05) is 13.8 Å². The monoisotopic (exact) mass is 340 g/mol. The molecule has 0 aliphatic heterocycles. The van der Waals surface area contributed by atoms with Crippen molar-refractivity contribution in [2.45, 2.75) is 26.3 Å². The van der Waals surface area contributed by atoms with Crippen LogP contribution in [-0.2, 0) is 14.3 Å². The summed E-state index contributed by atoms with van der Waals surface area (Å²) in [4.78, 5) is 35.3. The van der Waals surface area contributed by atoms with Gasteiger partial charge in [-0.25, -0.2) is 4.79 Å². The smallest absolute Gasteiger partial charge is 0.328 e. The van der Waals surface area contributed by atoms with Gasteiger partial charge in [-0.05, 0) is 30.2 Å². The molecule has 0 saturated heterocycles. The second kappa shape index (κ2) is 9.15. The lowest BCUT2D eigenvalue weighted by Crippen LogP contribution is -2.45. The fourth-order valence-corrected chi connectivity index (χ4v) is 1.99. The zero-order chi connectivity index (χ0) is 17.4. The second-order valence-corrected chi connectivity index (χ2v) is 5.76. The van der Waals surface area contributed by atoms with Crippen LogP contribution in [-0.4, -0.2) is 37.5 Å². The molecule has 0 fully saturated rings. The number of esters is 1. The van der Waals surface area contributed by atoms with Crippen molar-refractivity contribution >= 4 is 29.4 Å². The van der Waals surface area contributed by atoms with Gasteiger partial charge in [-0.15, -0.1) is 0 Å². The first-order valence-corrected chi connectivity index (χ1v) is 7.64. The van der Waals surface area contributed by atoms with Crippen LogP contribution in [0.3, 0.4) is 0 Å². The summed E-state index contributed by atoms with van der Waals surface area (Å²) in [6, 6.07) is 5.74. The number of nitrogens with one attached hydrogen (secondary N) is 2. The maximum absolute atomic E-state index is 11.9. The van der Waals surface area contributed by atoms with E-state index >= 15 is 0 Å². The number of rotatable bonds is 7. The van der Waals surface area contributed by atoms with Gasteiger partial charge in [0.15, 0.2) is 0 Å². The molecule has 0 aliphatic carbocycles. The minimum atomic E-state index is -0.695. The Kier molecular flexibility index (Phi) is 7.54. The highest BCUT2D eigenvalue weighted by Crippen LogP contribution is 2.09. The van der Waals surface area contributed by atoms with Gasteiger partial charge in [0, 0.05) is 23.6 Å². The van der Waals surface area contributed by atoms with Gasteiger partial charge in [-0.2, -0.15) is 0 Å². The molecule has 0 bridgehead atoms. The van der Waals surface area contributed by atoms with E-state index in [9.17, 15) is 14.4 Å². The fourth-order valence-electron chi connectivity index (χ4n) is 1.86. The third-order valence-electron chi connectivity index (χ3n) is 3.18. The van der Waals surface area contributed by atoms with Gasteiger partial charge in [0.05, 0.1) is 7.11 Å². The number of benzene rings is 1. The summed E-state index contributed by atoms with van der Waals surface area (Å²) in [5, 5.41) is 5.79.